The summed E-state index contributed by atoms with van der Waals surface area (Å²) in [6.45, 7) is 1.67. The molecule has 0 amide bonds. The van der Waals surface area contributed by atoms with Crippen LogP contribution in [0.25, 0.3) is 0 Å². The van der Waals surface area contributed by atoms with Crippen LogP contribution < -0.4 is 11.3 Å². The van der Waals surface area contributed by atoms with E-state index in [1.807, 2.05) is 30.3 Å². The fourth-order valence-electron chi connectivity index (χ4n) is 2.35. The maximum atomic E-state index is 12.7. The Balaban J connectivity index is 2.26. The predicted molar refractivity (Wildman–Crippen MR) is 76.4 cm³/mol. The lowest BCUT2D eigenvalue weighted by Gasteiger charge is -2.20. The molecule has 0 radical (unpaired) electrons. The molecule has 0 saturated carbocycles. The number of hydrazine groups is 1. The van der Waals surface area contributed by atoms with Crippen molar-refractivity contribution < 1.29 is 13.2 Å². The monoisotopic (exact) mass is 294 g/mol. The van der Waals surface area contributed by atoms with Crippen LogP contribution in [0, 0.1) is 6.92 Å². The molecule has 2 nitrogen and oxygen atoms in total. The highest BCUT2D eigenvalue weighted by atomic mass is 19.4. The van der Waals surface area contributed by atoms with Gasteiger partial charge in [-0.1, -0.05) is 36.4 Å². The van der Waals surface area contributed by atoms with Crippen LogP contribution >= 0.6 is 0 Å². The summed E-state index contributed by atoms with van der Waals surface area (Å²) < 4.78 is 38.1. The molecule has 0 saturated heterocycles. The molecule has 0 spiro atoms. The van der Waals surface area contributed by atoms with Gasteiger partial charge in [-0.2, -0.15) is 13.2 Å². The van der Waals surface area contributed by atoms with Gasteiger partial charge in [0, 0.05) is 0 Å². The number of hydrogen-bond donors (Lipinski definition) is 2. The van der Waals surface area contributed by atoms with E-state index in [4.69, 9.17) is 5.84 Å². The van der Waals surface area contributed by atoms with Crippen molar-refractivity contribution in [3.63, 3.8) is 0 Å². The van der Waals surface area contributed by atoms with E-state index >= 15 is 0 Å². The Hall–Kier alpha value is -1.85. The Morgan fingerprint density at radius 3 is 2.29 bits per heavy atom. The van der Waals surface area contributed by atoms with Crippen molar-refractivity contribution in [1.82, 2.24) is 5.43 Å². The summed E-state index contributed by atoms with van der Waals surface area (Å²) in [5, 5.41) is 0. The Morgan fingerprint density at radius 1 is 1.10 bits per heavy atom. The summed E-state index contributed by atoms with van der Waals surface area (Å²) in [6, 6.07) is 13.2. The smallest absolute Gasteiger partial charge is 0.271 e. The molecule has 0 heterocycles. The third kappa shape index (κ3) is 3.83. The minimum absolute atomic E-state index is 0.227. The van der Waals surface area contributed by atoms with Gasteiger partial charge < -0.3 is 0 Å². The second-order valence-electron chi connectivity index (χ2n) is 4.98. The topological polar surface area (TPSA) is 38.0 Å². The largest absolute Gasteiger partial charge is 0.416 e. The van der Waals surface area contributed by atoms with Crippen molar-refractivity contribution in [3.05, 3.63) is 70.8 Å². The molecule has 0 aliphatic heterocycles. The molecule has 3 N–H and O–H groups in total. The van der Waals surface area contributed by atoms with Crippen molar-refractivity contribution >= 4 is 0 Å². The Bertz CT molecular complexity index is 594. The molecule has 0 aliphatic carbocycles. The van der Waals surface area contributed by atoms with E-state index in [9.17, 15) is 13.2 Å². The van der Waals surface area contributed by atoms with Gasteiger partial charge >= 0.3 is 6.18 Å². The first kappa shape index (κ1) is 15.5. The average Bonchev–Trinajstić information content (AvgIpc) is 2.45. The lowest BCUT2D eigenvalue weighted by molar-refractivity contribution is -0.137. The average molecular weight is 294 g/mol. The lowest BCUT2D eigenvalue weighted by Crippen LogP contribution is -2.30. The zero-order chi connectivity index (χ0) is 15.5. The van der Waals surface area contributed by atoms with Crippen molar-refractivity contribution in [2.75, 3.05) is 0 Å². The molecule has 21 heavy (non-hydrogen) atoms. The standard InChI is InChI=1S/C16H17F3N2/c1-11-9-13(16(17,18)19)7-8-14(11)15(21-20)10-12-5-3-2-4-6-12/h2-9,15,21H,10,20H2,1H3. The van der Waals surface area contributed by atoms with Gasteiger partial charge in [-0.15, -0.1) is 0 Å². The maximum absolute atomic E-state index is 12.7. The Labute approximate surface area is 121 Å². The van der Waals surface area contributed by atoms with Gasteiger partial charge in [0.2, 0.25) is 0 Å². The van der Waals surface area contributed by atoms with E-state index in [2.05, 4.69) is 5.43 Å². The third-order valence-electron chi connectivity index (χ3n) is 3.46. The van der Waals surface area contributed by atoms with E-state index in [1.54, 1.807) is 6.92 Å². The zero-order valence-corrected chi connectivity index (χ0v) is 11.6. The van der Waals surface area contributed by atoms with Crippen LogP contribution in [0.2, 0.25) is 0 Å². The molecule has 0 aliphatic rings. The second-order valence-corrected chi connectivity index (χ2v) is 4.98. The van der Waals surface area contributed by atoms with E-state index in [0.717, 1.165) is 23.3 Å². The van der Waals surface area contributed by atoms with Crippen molar-refractivity contribution in [1.29, 1.82) is 0 Å². The highest BCUT2D eigenvalue weighted by molar-refractivity contribution is 5.35. The number of hydrogen-bond acceptors (Lipinski definition) is 2. The summed E-state index contributed by atoms with van der Waals surface area (Å²) in [7, 11) is 0. The predicted octanol–water partition coefficient (Wildman–Crippen LogP) is 3.76. The first-order valence-corrected chi connectivity index (χ1v) is 6.59. The molecule has 0 aromatic heterocycles. The van der Waals surface area contributed by atoms with Crippen LogP contribution in [0.1, 0.15) is 28.3 Å². The van der Waals surface area contributed by atoms with Gasteiger partial charge in [-0.25, -0.2) is 0 Å². The highest BCUT2D eigenvalue weighted by Crippen LogP contribution is 2.32. The normalized spacial score (nSPS) is 13.2. The van der Waals surface area contributed by atoms with E-state index in [1.165, 1.54) is 6.07 Å². The number of nitrogens with one attached hydrogen (secondary N) is 1. The quantitative estimate of drug-likeness (QED) is 0.665. The molecule has 2 aromatic carbocycles. The van der Waals surface area contributed by atoms with Crippen molar-refractivity contribution in [2.45, 2.75) is 25.6 Å². The molecule has 112 valence electrons. The van der Waals surface area contributed by atoms with Gasteiger partial charge in [0.05, 0.1) is 11.6 Å². The molecule has 2 aromatic rings. The first-order chi connectivity index (χ1) is 9.91. The molecule has 5 heteroatoms. The van der Waals surface area contributed by atoms with Gasteiger partial charge in [-0.05, 0) is 42.2 Å². The fraction of sp³-hybridized carbons (Fsp3) is 0.250. The minimum atomic E-state index is -4.33. The SMILES string of the molecule is Cc1cc(C(F)(F)F)ccc1C(Cc1ccccc1)NN. The summed E-state index contributed by atoms with van der Waals surface area (Å²) in [4.78, 5) is 0. The van der Waals surface area contributed by atoms with E-state index < -0.39 is 11.7 Å². The number of alkyl halides is 3. The highest BCUT2D eigenvalue weighted by Gasteiger charge is 2.31. The second kappa shape index (κ2) is 6.28. The van der Waals surface area contributed by atoms with Crippen molar-refractivity contribution in [3.8, 4) is 0 Å². The first-order valence-electron chi connectivity index (χ1n) is 6.59. The lowest BCUT2D eigenvalue weighted by atomic mass is 9.94. The van der Waals surface area contributed by atoms with Crippen molar-refractivity contribution in [2.24, 2.45) is 5.84 Å². The molecule has 1 unspecified atom stereocenters. The van der Waals surface area contributed by atoms with E-state index in [-0.39, 0.29) is 6.04 Å². The summed E-state index contributed by atoms with van der Waals surface area (Å²) in [6.07, 6.45) is -3.71. The van der Waals surface area contributed by atoms with Gasteiger partial charge in [0.25, 0.3) is 0 Å². The molecule has 0 fully saturated rings. The summed E-state index contributed by atoms with van der Waals surface area (Å²) in [5.74, 6) is 5.57. The van der Waals surface area contributed by atoms with Gasteiger partial charge in [0.15, 0.2) is 0 Å². The van der Waals surface area contributed by atoms with Crippen LogP contribution in [0.3, 0.4) is 0 Å². The number of halogens is 3. The number of nitrogens with two attached hydrogens (primary N) is 1. The molecular formula is C16H17F3N2. The molecule has 1 atom stereocenters. The fourth-order valence-corrected chi connectivity index (χ4v) is 2.35. The minimum Gasteiger partial charge on any atom is -0.271 e. The van der Waals surface area contributed by atoms with Gasteiger partial charge in [-0.3, -0.25) is 11.3 Å². The summed E-state index contributed by atoms with van der Waals surface area (Å²) >= 11 is 0. The maximum Gasteiger partial charge on any atom is 0.416 e. The van der Waals surface area contributed by atoms with Crippen LogP contribution in [0.15, 0.2) is 48.5 Å². The van der Waals surface area contributed by atoms with Gasteiger partial charge in [0.1, 0.15) is 0 Å². The van der Waals surface area contributed by atoms with Crippen LogP contribution in [-0.2, 0) is 12.6 Å². The molecule has 2 rings (SSSR count). The zero-order valence-electron chi connectivity index (χ0n) is 11.6. The molecular weight excluding hydrogens is 277 g/mol. The van der Waals surface area contributed by atoms with Crippen LogP contribution in [-0.4, -0.2) is 0 Å². The third-order valence-corrected chi connectivity index (χ3v) is 3.46. The number of rotatable bonds is 4. The van der Waals surface area contributed by atoms with Crippen LogP contribution in [0.4, 0.5) is 13.2 Å². The number of benzene rings is 2. The Morgan fingerprint density at radius 2 is 1.76 bits per heavy atom. The number of aryl methyl sites for hydroxylation is 1. The van der Waals surface area contributed by atoms with E-state index in [0.29, 0.717) is 12.0 Å². The Kier molecular flexibility index (Phi) is 4.65. The molecule has 0 bridgehead atoms. The van der Waals surface area contributed by atoms with Crippen LogP contribution in [0.5, 0.6) is 0 Å². The summed E-state index contributed by atoms with van der Waals surface area (Å²) in [5.41, 5.74) is 4.46.